The molecular weight excluding hydrogens is 156 g/mol. The molecule has 1 N–H and O–H groups in total. The molecule has 1 aromatic rings. The van der Waals surface area contributed by atoms with Gasteiger partial charge >= 0.3 is 5.97 Å². The summed E-state index contributed by atoms with van der Waals surface area (Å²) in [5, 5.41) is 17.2. The second-order valence-corrected chi connectivity index (χ2v) is 2.30. The fourth-order valence-corrected chi connectivity index (χ4v) is 0.934. The summed E-state index contributed by atoms with van der Waals surface area (Å²) < 4.78 is 0. The Bertz CT molecular complexity index is 366. The van der Waals surface area contributed by atoms with E-state index in [0.29, 0.717) is 5.56 Å². The van der Waals surface area contributed by atoms with Crippen LogP contribution in [0, 0.1) is 18.3 Å². The molecule has 0 spiro atoms. The summed E-state index contributed by atoms with van der Waals surface area (Å²) in [6, 6.07) is 1.77. The minimum atomic E-state index is -1.09. The highest BCUT2D eigenvalue weighted by atomic mass is 16.4. The lowest BCUT2D eigenvalue weighted by Crippen LogP contribution is -2.03. The third-order valence-corrected chi connectivity index (χ3v) is 1.47. The number of carboxylic acid groups (broad SMARTS) is 1. The normalized spacial score (nSPS) is 9.00. The molecule has 4 nitrogen and oxygen atoms in total. The van der Waals surface area contributed by atoms with Crippen molar-refractivity contribution in [2.75, 3.05) is 0 Å². The molecule has 60 valence electrons. The third-order valence-electron chi connectivity index (χ3n) is 1.47. The first kappa shape index (κ1) is 8.21. The van der Waals surface area contributed by atoms with Crippen molar-refractivity contribution >= 4 is 5.97 Å². The summed E-state index contributed by atoms with van der Waals surface area (Å²) in [5.41, 5.74) is 0.636. The molecule has 0 aliphatic carbocycles. The minimum absolute atomic E-state index is 0.0347. The van der Waals surface area contributed by atoms with Gasteiger partial charge in [-0.3, -0.25) is 4.98 Å². The zero-order valence-corrected chi connectivity index (χ0v) is 6.40. The summed E-state index contributed by atoms with van der Waals surface area (Å²) in [5.74, 6) is -1.09. The molecule has 1 heterocycles. The van der Waals surface area contributed by atoms with Crippen LogP contribution in [0.5, 0.6) is 0 Å². The van der Waals surface area contributed by atoms with E-state index in [-0.39, 0.29) is 11.1 Å². The van der Waals surface area contributed by atoms with E-state index in [0.717, 1.165) is 0 Å². The van der Waals surface area contributed by atoms with E-state index in [1.54, 1.807) is 13.0 Å². The first-order valence-electron chi connectivity index (χ1n) is 3.25. The average molecular weight is 162 g/mol. The minimum Gasteiger partial charge on any atom is -0.478 e. The standard InChI is InChI=1S/C8H6N2O2/c1-5-3-10-4-6(2-9)7(5)8(11)12/h3-4H,1H3,(H,11,12). The first-order valence-corrected chi connectivity index (χ1v) is 3.25. The van der Waals surface area contributed by atoms with Gasteiger partial charge in [-0.15, -0.1) is 0 Å². The SMILES string of the molecule is Cc1cncc(C#N)c1C(=O)O. The zero-order chi connectivity index (χ0) is 9.14. The van der Waals surface area contributed by atoms with Gasteiger partial charge in [0, 0.05) is 12.4 Å². The molecule has 0 fully saturated rings. The number of carboxylic acids is 1. The largest absolute Gasteiger partial charge is 0.478 e. The number of nitrogens with zero attached hydrogens (tertiary/aromatic N) is 2. The van der Waals surface area contributed by atoms with E-state index < -0.39 is 5.97 Å². The zero-order valence-electron chi connectivity index (χ0n) is 6.40. The van der Waals surface area contributed by atoms with E-state index in [2.05, 4.69) is 4.98 Å². The highest BCUT2D eigenvalue weighted by Gasteiger charge is 2.12. The third kappa shape index (κ3) is 1.25. The topological polar surface area (TPSA) is 74.0 Å². The number of aromatic carboxylic acids is 1. The maximum atomic E-state index is 10.6. The Balaban J connectivity index is 3.42. The molecule has 0 atom stereocenters. The van der Waals surface area contributed by atoms with Crippen LogP contribution in [0.3, 0.4) is 0 Å². The summed E-state index contributed by atoms with van der Waals surface area (Å²) in [7, 11) is 0. The highest BCUT2D eigenvalue weighted by molar-refractivity contribution is 5.91. The van der Waals surface area contributed by atoms with Crippen molar-refractivity contribution in [2.45, 2.75) is 6.92 Å². The van der Waals surface area contributed by atoms with Crippen molar-refractivity contribution in [3.8, 4) is 6.07 Å². The quantitative estimate of drug-likeness (QED) is 0.667. The predicted molar refractivity (Wildman–Crippen MR) is 40.6 cm³/mol. The van der Waals surface area contributed by atoms with E-state index in [1.165, 1.54) is 12.4 Å². The fraction of sp³-hybridized carbons (Fsp3) is 0.125. The summed E-state index contributed by atoms with van der Waals surface area (Å²) in [4.78, 5) is 14.3. The lowest BCUT2D eigenvalue weighted by molar-refractivity contribution is 0.0695. The molecule has 12 heavy (non-hydrogen) atoms. The van der Waals surface area contributed by atoms with E-state index in [1.807, 2.05) is 0 Å². The van der Waals surface area contributed by atoms with Gasteiger partial charge in [0.15, 0.2) is 0 Å². The van der Waals surface area contributed by atoms with Gasteiger partial charge in [-0.25, -0.2) is 4.79 Å². The number of hydrogen-bond donors (Lipinski definition) is 1. The lowest BCUT2D eigenvalue weighted by Gasteiger charge is -1.99. The number of aromatic nitrogens is 1. The molecule has 0 saturated heterocycles. The number of hydrogen-bond acceptors (Lipinski definition) is 3. The van der Waals surface area contributed by atoms with Crippen LogP contribution >= 0.6 is 0 Å². The van der Waals surface area contributed by atoms with Crippen molar-refractivity contribution in [3.63, 3.8) is 0 Å². The van der Waals surface area contributed by atoms with Gasteiger partial charge in [0.25, 0.3) is 0 Å². The van der Waals surface area contributed by atoms with Crippen molar-refractivity contribution in [1.82, 2.24) is 4.98 Å². The van der Waals surface area contributed by atoms with E-state index in [9.17, 15) is 4.79 Å². The predicted octanol–water partition coefficient (Wildman–Crippen LogP) is 0.960. The molecule has 0 aliphatic rings. The Morgan fingerprint density at radius 2 is 2.33 bits per heavy atom. The molecular formula is C8H6N2O2. The maximum absolute atomic E-state index is 10.6. The average Bonchev–Trinajstić information content (AvgIpc) is 2.03. The second-order valence-electron chi connectivity index (χ2n) is 2.30. The molecule has 0 aromatic carbocycles. The Morgan fingerprint density at radius 1 is 1.67 bits per heavy atom. The Morgan fingerprint density at radius 3 is 2.75 bits per heavy atom. The molecule has 1 rings (SSSR count). The number of aryl methyl sites for hydroxylation is 1. The van der Waals surface area contributed by atoms with Crippen molar-refractivity contribution in [3.05, 3.63) is 29.1 Å². The molecule has 0 radical (unpaired) electrons. The van der Waals surface area contributed by atoms with Crippen LogP contribution in [-0.4, -0.2) is 16.1 Å². The van der Waals surface area contributed by atoms with Crippen molar-refractivity contribution < 1.29 is 9.90 Å². The Hall–Kier alpha value is -1.89. The first-order chi connectivity index (χ1) is 5.66. The van der Waals surface area contributed by atoms with Gasteiger partial charge in [0.05, 0.1) is 11.1 Å². The number of rotatable bonds is 1. The van der Waals surface area contributed by atoms with Crippen LogP contribution in [-0.2, 0) is 0 Å². The smallest absolute Gasteiger partial charge is 0.337 e. The van der Waals surface area contributed by atoms with Gasteiger partial charge in [0.1, 0.15) is 6.07 Å². The molecule has 1 aromatic heterocycles. The van der Waals surface area contributed by atoms with Crippen molar-refractivity contribution in [2.24, 2.45) is 0 Å². The monoisotopic (exact) mass is 162 g/mol. The number of pyridine rings is 1. The van der Waals surface area contributed by atoms with Gasteiger partial charge in [0.2, 0.25) is 0 Å². The van der Waals surface area contributed by atoms with Crippen LogP contribution in [0.4, 0.5) is 0 Å². The Labute approximate surface area is 69.1 Å². The number of carbonyl (C=O) groups is 1. The highest BCUT2D eigenvalue weighted by Crippen LogP contribution is 2.10. The van der Waals surface area contributed by atoms with Crippen LogP contribution in [0.1, 0.15) is 21.5 Å². The summed E-state index contributed by atoms with van der Waals surface area (Å²) in [6.45, 7) is 1.61. The van der Waals surface area contributed by atoms with Crippen LogP contribution in [0.15, 0.2) is 12.4 Å². The summed E-state index contributed by atoms with van der Waals surface area (Å²) >= 11 is 0. The Kier molecular flexibility index (Phi) is 2.06. The molecule has 0 amide bonds. The van der Waals surface area contributed by atoms with Gasteiger partial charge in [-0.2, -0.15) is 5.26 Å². The van der Waals surface area contributed by atoms with Gasteiger partial charge < -0.3 is 5.11 Å². The molecule has 4 heteroatoms. The molecule has 0 saturated carbocycles. The van der Waals surface area contributed by atoms with Gasteiger partial charge in [-0.05, 0) is 12.5 Å². The summed E-state index contributed by atoms with van der Waals surface area (Å²) in [6.07, 6.45) is 2.67. The van der Waals surface area contributed by atoms with Gasteiger partial charge in [-0.1, -0.05) is 0 Å². The fourth-order valence-electron chi connectivity index (χ4n) is 0.934. The number of nitriles is 1. The van der Waals surface area contributed by atoms with E-state index in [4.69, 9.17) is 10.4 Å². The molecule has 0 unspecified atom stereocenters. The molecule has 0 bridgehead atoms. The van der Waals surface area contributed by atoms with E-state index >= 15 is 0 Å². The van der Waals surface area contributed by atoms with Crippen LogP contribution in [0.2, 0.25) is 0 Å². The lowest BCUT2D eigenvalue weighted by atomic mass is 10.1. The van der Waals surface area contributed by atoms with Crippen LogP contribution < -0.4 is 0 Å². The van der Waals surface area contributed by atoms with Crippen molar-refractivity contribution in [1.29, 1.82) is 5.26 Å². The van der Waals surface area contributed by atoms with Crippen LogP contribution in [0.25, 0.3) is 0 Å². The molecule has 0 aliphatic heterocycles. The maximum Gasteiger partial charge on any atom is 0.337 e. The second kappa shape index (κ2) is 3.01.